The van der Waals surface area contributed by atoms with Gasteiger partial charge in [0, 0.05) is 18.8 Å². The van der Waals surface area contributed by atoms with Crippen molar-refractivity contribution in [3.8, 4) is 17.4 Å². The van der Waals surface area contributed by atoms with Crippen molar-refractivity contribution >= 4 is 5.91 Å². The Morgan fingerprint density at radius 1 is 1.22 bits per heavy atom. The van der Waals surface area contributed by atoms with E-state index >= 15 is 0 Å². The van der Waals surface area contributed by atoms with Gasteiger partial charge in [-0.3, -0.25) is 4.79 Å². The summed E-state index contributed by atoms with van der Waals surface area (Å²) < 4.78 is 16.5. The van der Waals surface area contributed by atoms with E-state index in [-0.39, 0.29) is 12.0 Å². The molecule has 1 atom stereocenters. The van der Waals surface area contributed by atoms with E-state index in [1.807, 2.05) is 30.0 Å². The number of hydrogen-bond acceptors (Lipinski definition) is 6. The first-order valence-electron chi connectivity index (χ1n) is 9.04. The van der Waals surface area contributed by atoms with Crippen molar-refractivity contribution in [2.24, 2.45) is 0 Å². The number of ether oxygens (including phenoxy) is 3. The van der Waals surface area contributed by atoms with Gasteiger partial charge >= 0.3 is 0 Å². The maximum Gasteiger partial charge on any atom is 0.227 e. The Morgan fingerprint density at radius 2 is 2.04 bits per heavy atom. The molecule has 0 spiro atoms. The molecule has 1 amide bonds. The SMILES string of the molecule is COc1ccc(CC(=O)N2CCCC(Oc3ccnc(C)n3)C2)cc1OC. The number of nitrogens with zero attached hydrogens (tertiary/aromatic N) is 3. The number of piperidine rings is 1. The Hall–Kier alpha value is -2.83. The highest BCUT2D eigenvalue weighted by molar-refractivity contribution is 5.79. The number of hydrogen-bond donors (Lipinski definition) is 0. The lowest BCUT2D eigenvalue weighted by Gasteiger charge is -2.32. The zero-order valence-corrected chi connectivity index (χ0v) is 16.0. The van der Waals surface area contributed by atoms with Gasteiger partial charge in [0.1, 0.15) is 11.9 Å². The number of carbonyl (C=O) groups is 1. The van der Waals surface area contributed by atoms with Gasteiger partial charge in [-0.25, -0.2) is 4.98 Å². The van der Waals surface area contributed by atoms with E-state index in [2.05, 4.69) is 9.97 Å². The number of carbonyl (C=O) groups excluding carboxylic acids is 1. The van der Waals surface area contributed by atoms with E-state index in [0.717, 1.165) is 24.9 Å². The molecule has 2 heterocycles. The van der Waals surface area contributed by atoms with Gasteiger partial charge in [0.15, 0.2) is 11.5 Å². The van der Waals surface area contributed by atoms with Gasteiger partial charge in [0.05, 0.1) is 27.2 Å². The van der Waals surface area contributed by atoms with E-state index in [4.69, 9.17) is 14.2 Å². The van der Waals surface area contributed by atoms with Crippen LogP contribution in [0.15, 0.2) is 30.5 Å². The highest BCUT2D eigenvalue weighted by Gasteiger charge is 2.25. The molecule has 3 rings (SSSR count). The normalized spacial score (nSPS) is 16.7. The van der Waals surface area contributed by atoms with E-state index in [1.54, 1.807) is 26.5 Å². The molecule has 1 aromatic carbocycles. The van der Waals surface area contributed by atoms with Gasteiger partial charge in [-0.2, -0.15) is 4.98 Å². The zero-order valence-electron chi connectivity index (χ0n) is 16.0. The summed E-state index contributed by atoms with van der Waals surface area (Å²) in [5.74, 6) is 2.59. The Kier molecular flexibility index (Phi) is 6.11. The number of aromatic nitrogens is 2. The maximum atomic E-state index is 12.7. The fourth-order valence-corrected chi connectivity index (χ4v) is 3.21. The van der Waals surface area contributed by atoms with Gasteiger partial charge in [-0.15, -0.1) is 0 Å². The van der Waals surface area contributed by atoms with Crippen molar-refractivity contribution in [2.45, 2.75) is 32.3 Å². The molecular formula is C20H25N3O4. The van der Waals surface area contributed by atoms with Gasteiger partial charge in [-0.05, 0) is 37.5 Å². The third kappa shape index (κ3) is 4.87. The topological polar surface area (TPSA) is 73.8 Å². The van der Waals surface area contributed by atoms with Crippen molar-refractivity contribution in [3.63, 3.8) is 0 Å². The third-order valence-corrected chi connectivity index (χ3v) is 4.57. The fourth-order valence-electron chi connectivity index (χ4n) is 3.21. The van der Waals surface area contributed by atoms with Crippen LogP contribution in [0.25, 0.3) is 0 Å². The van der Waals surface area contributed by atoms with Crippen LogP contribution in [0.5, 0.6) is 17.4 Å². The zero-order chi connectivity index (χ0) is 19.2. The maximum absolute atomic E-state index is 12.7. The summed E-state index contributed by atoms with van der Waals surface area (Å²) in [5.41, 5.74) is 0.895. The van der Waals surface area contributed by atoms with Crippen LogP contribution in [0, 0.1) is 6.92 Å². The summed E-state index contributed by atoms with van der Waals surface area (Å²) in [4.78, 5) is 23.0. The van der Waals surface area contributed by atoms with Crippen molar-refractivity contribution in [2.75, 3.05) is 27.3 Å². The Labute approximate surface area is 159 Å². The monoisotopic (exact) mass is 371 g/mol. The fraction of sp³-hybridized carbons (Fsp3) is 0.450. The van der Waals surface area contributed by atoms with Crippen molar-refractivity contribution < 1.29 is 19.0 Å². The second-order valence-electron chi connectivity index (χ2n) is 6.53. The van der Waals surface area contributed by atoms with E-state index in [9.17, 15) is 4.79 Å². The summed E-state index contributed by atoms with van der Waals surface area (Å²) >= 11 is 0. The largest absolute Gasteiger partial charge is 0.493 e. The second kappa shape index (κ2) is 8.70. The van der Waals surface area contributed by atoms with Crippen LogP contribution < -0.4 is 14.2 Å². The lowest BCUT2D eigenvalue weighted by molar-refractivity contribution is -0.133. The Bertz CT molecular complexity index is 797. The quantitative estimate of drug-likeness (QED) is 0.776. The molecule has 7 nitrogen and oxygen atoms in total. The molecule has 1 aromatic heterocycles. The highest BCUT2D eigenvalue weighted by Crippen LogP contribution is 2.28. The molecule has 27 heavy (non-hydrogen) atoms. The van der Waals surface area contributed by atoms with Crippen molar-refractivity contribution in [1.82, 2.24) is 14.9 Å². The molecule has 1 saturated heterocycles. The van der Waals surface area contributed by atoms with Crippen LogP contribution in [0.3, 0.4) is 0 Å². The van der Waals surface area contributed by atoms with Gasteiger partial charge in [0.2, 0.25) is 11.8 Å². The Balaban J connectivity index is 1.61. The molecule has 0 radical (unpaired) electrons. The van der Waals surface area contributed by atoms with Crippen LogP contribution in [-0.4, -0.2) is 54.2 Å². The minimum atomic E-state index is -0.0533. The number of aryl methyl sites for hydroxylation is 1. The minimum Gasteiger partial charge on any atom is -0.493 e. The molecule has 1 fully saturated rings. The molecule has 1 aliphatic heterocycles. The van der Waals surface area contributed by atoms with E-state index < -0.39 is 0 Å². The molecule has 2 aromatic rings. The lowest BCUT2D eigenvalue weighted by atomic mass is 10.1. The highest BCUT2D eigenvalue weighted by atomic mass is 16.5. The van der Waals surface area contributed by atoms with Crippen LogP contribution in [0.2, 0.25) is 0 Å². The summed E-state index contributed by atoms with van der Waals surface area (Å²) in [5, 5.41) is 0. The molecule has 7 heteroatoms. The molecule has 0 saturated carbocycles. The van der Waals surface area contributed by atoms with Gasteiger partial charge in [0.25, 0.3) is 0 Å². The number of amides is 1. The van der Waals surface area contributed by atoms with Gasteiger partial charge < -0.3 is 19.1 Å². The van der Waals surface area contributed by atoms with Crippen LogP contribution >= 0.6 is 0 Å². The first-order chi connectivity index (χ1) is 13.1. The number of methoxy groups -OCH3 is 2. The number of likely N-dealkylation sites (tertiary alicyclic amines) is 1. The molecule has 1 unspecified atom stereocenters. The van der Waals surface area contributed by atoms with Gasteiger partial charge in [-0.1, -0.05) is 6.07 Å². The van der Waals surface area contributed by atoms with Crippen molar-refractivity contribution in [3.05, 3.63) is 41.9 Å². The third-order valence-electron chi connectivity index (χ3n) is 4.57. The smallest absolute Gasteiger partial charge is 0.227 e. The summed E-state index contributed by atoms with van der Waals surface area (Å²) in [7, 11) is 3.18. The average molecular weight is 371 g/mol. The average Bonchev–Trinajstić information content (AvgIpc) is 2.68. The molecule has 0 bridgehead atoms. The van der Waals surface area contributed by atoms with Crippen LogP contribution in [0.4, 0.5) is 0 Å². The van der Waals surface area contributed by atoms with Crippen molar-refractivity contribution in [1.29, 1.82) is 0 Å². The molecule has 144 valence electrons. The minimum absolute atomic E-state index is 0.0533. The second-order valence-corrected chi connectivity index (χ2v) is 6.53. The van der Waals surface area contributed by atoms with Crippen LogP contribution in [-0.2, 0) is 11.2 Å². The predicted molar refractivity (Wildman–Crippen MR) is 100 cm³/mol. The van der Waals surface area contributed by atoms with E-state index in [0.29, 0.717) is 36.2 Å². The standard InChI is InChI=1S/C20H25N3O4/c1-14-21-9-8-19(22-14)27-16-5-4-10-23(13-16)20(24)12-15-6-7-17(25-2)18(11-15)26-3/h6-9,11,16H,4-5,10,12-13H2,1-3H3. The number of benzene rings is 1. The molecule has 1 aliphatic rings. The first-order valence-corrected chi connectivity index (χ1v) is 9.04. The number of rotatable bonds is 6. The molecule has 0 aliphatic carbocycles. The predicted octanol–water partition coefficient (Wildman–Crippen LogP) is 2.41. The molecular weight excluding hydrogens is 346 g/mol. The molecule has 0 N–H and O–H groups in total. The first kappa shape index (κ1) is 18.9. The summed E-state index contributed by atoms with van der Waals surface area (Å²) in [6.07, 6.45) is 3.76. The Morgan fingerprint density at radius 3 is 2.78 bits per heavy atom. The van der Waals surface area contributed by atoms with E-state index in [1.165, 1.54) is 0 Å². The summed E-state index contributed by atoms with van der Waals surface area (Å²) in [6.45, 7) is 3.14. The van der Waals surface area contributed by atoms with Crippen LogP contribution in [0.1, 0.15) is 24.2 Å². The summed E-state index contributed by atoms with van der Waals surface area (Å²) in [6, 6.07) is 7.30. The lowest BCUT2D eigenvalue weighted by Crippen LogP contribution is -2.45.